The number of pyridine rings is 1. The maximum absolute atomic E-state index is 12.2. The second-order valence-electron chi connectivity index (χ2n) is 7.92. The van der Waals surface area contributed by atoms with E-state index < -0.39 is 42.5 Å². The molecule has 1 atom stereocenters. The number of hydrazine groups is 1. The fraction of sp³-hybridized carbons (Fsp3) is 0.591. The van der Waals surface area contributed by atoms with Crippen molar-refractivity contribution in [3.05, 3.63) is 35.6 Å². The summed E-state index contributed by atoms with van der Waals surface area (Å²) in [6, 6.07) is 3.64. The van der Waals surface area contributed by atoms with Crippen molar-refractivity contribution in [1.29, 1.82) is 0 Å². The summed E-state index contributed by atoms with van der Waals surface area (Å²) in [6.45, 7) is 1.77. The number of carbonyl (C=O) groups is 1. The Balaban J connectivity index is 0.00000182. The third-order valence-corrected chi connectivity index (χ3v) is 5.23. The number of hydrogen-bond donors (Lipinski definition) is 3. The molecule has 190 valence electrons. The van der Waals surface area contributed by atoms with Crippen LogP contribution < -0.4 is 16.3 Å². The van der Waals surface area contributed by atoms with Crippen LogP contribution in [0.5, 0.6) is 5.75 Å². The van der Waals surface area contributed by atoms with Crippen LogP contribution >= 0.6 is 0 Å². The molecule has 1 heterocycles. The van der Waals surface area contributed by atoms with Gasteiger partial charge in [-0.05, 0) is 38.3 Å². The Morgan fingerprint density at radius 2 is 2.09 bits per heavy atom. The number of unbranched alkanes of at least 4 members (excludes halogenated alkanes) is 1. The zero-order valence-corrected chi connectivity index (χ0v) is 23.0. The molecule has 1 fully saturated rings. The Morgan fingerprint density at radius 3 is 2.65 bits per heavy atom. The number of carbonyl (C=O) groups excluding carboxylic acids is 1. The Bertz CT molecular complexity index is 806. The summed E-state index contributed by atoms with van der Waals surface area (Å²) < 4.78 is 39.5. The predicted molar refractivity (Wildman–Crippen MR) is 121 cm³/mol. The molecule has 0 bridgehead atoms. The minimum atomic E-state index is -2.14. The zero-order chi connectivity index (χ0) is 25.5. The second kappa shape index (κ2) is 16.9. The van der Waals surface area contributed by atoms with Gasteiger partial charge in [0.2, 0.25) is 0 Å². The summed E-state index contributed by atoms with van der Waals surface area (Å²) in [5.41, 5.74) is 8.31. The van der Waals surface area contributed by atoms with Crippen molar-refractivity contribution < 1.29 is 52.9 Å². The second-order valence-corrected chi connectivity index (χ2v) is 8.44. The molecular weight excluding hydrogens is 522 g/mol. The number of ether oxygens (including phenoxy) is 2. The van der Waals surface area contributed by atoms with E-state index in [0.29, 0.717) is 36.5 Å². The van der Waals surface area contributed by atoms with Crippen molar-refractivity contribution in [3.8, 4) is 5.75 Å². The van der Waals surface area contributed by atoms with Gasteiger partial charge in [-0.15, -0.1) is 6.42 Å². The van der Waals surface area contributed by atoms with Crippen LogP contribution in [0, 0.1) is 13.3 Å². The van der Waals surface area contributed by atoms with Crippen LogP contribution in [-0.4, -0.2) is 63.4 Å². The number of rotatable bonds is 10. The average molecular weight is 558 g/mol. The van der Waals surface area contributed by atoms with Crippen LogP contribution in [-0.2, 0) is 36.5 Å². The molecule has 0 spiro atoms. The number of alkyl halides is 1. The van der Waals surface area contributed by atoms with Crippen LogP contribution in [0.15, 0.2) is 17.8 Å². The first-order valence-electron chi connectivity index (χ1n) is 11.2. The topological polar surface area (TPSA) is 144 Å². The van der Waals surface area contributed by atoms with Gasteiger partial charge in [-0.25, -0.2) is 15.6 Å². The van der Waals surface area contributed by atoms with Crippen LogP contribution in [0.2, 0.25) is 0 Å². The van der Waals surface area contributed by atoms with Gasteiger partial charge >= 0.3 is 40.3 Å². The Labute approximate surface area is 217 Å². The molecule has 1 unspecified atom stereocenters. The van der Waals surface area contributed by atoms with Crippen molar-refractivity contribution >= 4 is 11.8 Å². The molecule has 1 aromatic rings. The number of nitrogens with zero attached hydrogens (tertiary/aromatic N) is 3. The van der Waals surface area contributed by atoms with Gasteiger partial charge in [-0.1, -0.05) is 6.42 Å². The normalized spacial score (nSPS) is 15.8. The number of aryl methyl sites for hydroxylation is 1. The molecule has 0 radical (unpaired) electrons. The van der Waals surface area contributed by atoms with E-state index in [2.05, 4.69) is 11.4 Å². The van der Waals surface area contributed by atoms with Crippen LogP contribution in [0.25, 0.3) is 5.70 Å². The predicted octanol–water partition coefficient (Wildman–Crippen LogP) is 2.49. The van der Waals surface area contributed by atoms with Crippen molar-refractivity contribution in [1.82, 2.24) is 14.9 Å². The van der Waals surface area contributed by atoms with Gasteiger partial charge in [0, 0.05) is 20.6 Å². The minimum absolute atomic E-state index is 0.109. The molecule has 1 aliphatic rings. The van der Waals surface area contributed by atoms with Gasteiger partial charge < -0.3 is 31.5 Å². The van der Waals surface area contributed by atoms with Crippen molar-refractivity contribution in [2.75, 3.05) is 33.9 Å². The van der Waals surface area contributed by atoms with Gasteiger partial charge in [0.05, 0.1) is 35.6 Å². The molecule has 2 rings (SSSR count). The van der Waals surface area contributed by atoms with E-state index in [1.54, 1.807) is 20.2 Å². The molecule has 1 aliphatic carbocycles. The fourth-order valence-electron chi connectivity index (χ4n) is 3.31. The van der Waals surface area contributed by atoms with Gasteiger partial charge in [-0.3, -0.25) is 4.39 Å². The van der Waals surface area contributed by atoms with E-state index in [1.807, 2.05) is 13.0 Å². The average Bonchev–Trinajstić information content (AvgIpc) is 2.81. The molecule has 1 amide bonds. The Kier molecular flexibility index (Phi) is 15.0. The molecule has 1 aromatic heterocycles. The summed E-state index contributed by atoms with van der Waals surface area (Å²) in [5, 5.41) is 1.31. The first-order chi connectivity index (χ1) is 16.2. The number of amides is 1. The van der Waals surface area contributed by atoms with Crippen LogP contribution in [0.4, 0.5) is 9.18 Å². The van der Waals surface area contributed by atoms with E-state index in [9.17, 15) is 9.18 Å². The maximum atomic E-state index is 12.2. The number of hydrogen-bond acceptors (Lipinski definition) is 8. The molecule has 10 nitrogen and oxygen atoms in total. The summed E-state index contributed by atoms with van der Waals surface area (Å²) in [7, 11) is 3.22. The van der Waals surface area contributed by atoms with E-state index >= 15 is 0 Å². The summed E-state index contributed by atoms with van der Waals surface area (Å²) in [4.78, 5) is 18.1. The van der Waals surface area contributed by atoms with Crippen molar-refractivity contribution in [3.63, 3.8) is 0 Å². The van der Waals surface area contributed by atoms with Crippen LogP contribution in [0.1, 0.15) is 49.9 Å². The third-order valence-electron chi connectivity index (χ3n) is 5.23. The molecule has 12 heteroatoms. The van der Waals surface area contributed by atoms with Gasteiger partial charge in [-0.2, -0.15) is 6.42 Å². The van der Waals surface area contributed by atoms with E-state index in [-0.39, 0.29) is 12.7 Å². The molecule has 1 saturated carbocycles. The quantitative estimate of drug-likeness (QED) is 0.171. The molecule has 0 saturated heterocycles. The standard InChI is InChI=1S/C22H35FN5O3.H2O.O.Y/c1-16-20(31-17-9-5-4-6-10-17)12-11-18(26-16)21(24)19(28(3)25)15-30-22(29)27(2)14-8-7-13-23;;;/h5,11-12,17H,4,6-10,13-15,24-25H2,1-3H3;1H2;;/q-1;;;+1/p-1/b21-19-;;;. The molecule has 5 N–H and O–H groups in total. The van der Waals surface area contributed by atoms with Crippen LogP contribution in [0.3, 0.4) is 0 Å². The number of likely N-dealkylation sites (N-methyl/N-ethyl adjacent to an activating group) is 1. The number of aromatic nitrogens is 1. The number of nitrogens with two attached hydrogens (primary N) is 2. The number of halogens is 1. The third kappa shape index (κ3) is 10.7. The van der Waals surface area contributed by atoms with Gasteiger partial charge in [0.25, 0.3) is 0 Å². The van der Waals surface area contributed by atoms with Gasteiger partial charge in [0.1, 0.15) is 12.4 Å². The van der Waals surface area contributed by atoms with E-state index in [0.717, 1.165) is 37.1 Å². The molecule has 34 heavy (non-hydrogen) atoms. The van der Waals surface area contributed by atoms with Crippen molar-refractivity contribution in [2.45, 2.75) is 51.6 Å². The molecule has 0 aromatic carbocycles. The molecular formula is C22H36FN5O5Y-. The van der Waals surface area contributed by atoms with E-state index in [4.69, 9.17) is 25.5 Å². The summed E-state index contributed by atoms with van der Waals surface area (Å²) >= 11 is -2.14. The summed E-state index contributed by atoms with van der Waals surface area (Å²) in [6.07, 6.45) is 7.16. The SMILES string of the molecule is Cc1nc(/C(N)=C(\COC(=O)N(C)CCCCF)N(C)N)ccc1OC1C[CH-]CCC1.[O]=[Y][OH]. The zero-order valence-electron chi connectivity index (χ0n) is 20.2. The monoisotopic (exact) mass is 558 g/mol. The molecule has 0 aliphatic heterocycles. The van der Waals surface area contributed by atoms with Crippen molar-refractivity contribution in [2.24, 2.45) is 11.6 Å². The Hall–Kier alpha value is -1.69. The Morgan fingerprint density at radius 1 is 1.38 bits per heavy atom. The first kappa shape index (κ1) is 30.3. The van der Waals surface area contributed by atoms with Gasteiger partial charge in [0.15, 0.2) is 0 Å². The summed E-state index contributed by atoms with van der Waals surface area (Å²) in [5.74, 6) is 6.66. The van der Waals surface area contributed by atoms with E-state index in [1.165, 1.54) is 9.91 Å². The first-order valence-corrected chi connectivity index (χ1v) is 13.6. The fourth-order valence-corrected chi connectivity index (χ4v) is 3.31.